The van der Waals surface area contributed by atoms with E-state index in [4.69, 9.17) is 0 Å². The molecule has 182 valence electrons. The summed E-state index contributed by atoms with van der Waals surface area (Å²) in [6, 6.07) is 5.80. The number of hydrogen-bond donors (Lipinski definition) is 0. The first-order valence-electron chi connectivity index (χ1n) is 12.6. The van der Waals surface area contributed by atoms with Crippen molar-refractivity contribution < 1.29 is 23.6 Å². The number of halogens is 1. The zero-order chi connectivity index (χ0) is 23.9. The van der Waals surface area contributed by atoms with E-state index in [1.165, 1.54) is 28.0 Å². The van der Waals surface area contributed by atoms with E-state index in [2.05, 4.69) is 0 Å². The summed E-state index contributed by atoms with van der Waals surface area (Å²) in [5.74, 6) is -1.61. The van der Waals surface area contributed by atoms with Gasteiger partial charge in [0.1, 0.15) is 5.82 Å². The molecule has 2 aliphatic carbocycles. The van der Waals surface area contributed by atoms with Gasteiger partial charge in [0.05, 0.1) is 12.0 Å². The average molecular weight is 470 g/mol. The van der Waals surface area contributed by atoms with Gasteiger partial charge in [-0.05, 0) is 43.4 Å². The first kappa shape index (κ1) is 23.0. The van der Waals surface area contributed by atoms with Crippen LogP contribution in [0.15, 0.2) is 24.3 Å². The zero-order valence-corrected chi connectivity index (χ0v) is 19.5. The topological polar surface area (TPSA) is 78.0 Å². The fourth-order valence-electron chi connectivity index (χ4n) is 6.42. The van der Waals surface area contributed by atoms with Gasteiger partial charge in [0.25, 0.3) is 0 Å². The number of imide groups is 1. The van der Waals surface area contributed by atoms with Crippen LogP contribution in [-0.2, 0) is 24.6 Å². The molecule has 0 bridgehead atoms. The number of benzene rings is 1. The summed E-state index contributed by atoms with van der Waals surface area (Å²) < 4.78 is 14.2. The monoisotopic (exact) mass is 469 g/mol. The van der Waals surface area contributed by atoms with Crippen molar-refractivity contribution in [2.45, 2.75) is 81.7 Å². The van der Waals surface area contributed by atoms with Gasteiger partial charge in [-0.1, -0.05) is 37.8 Å². The molecule has 0 radical (unpaired) electrons. The molecule has 2 saturated carbocycles. The standard InChI is InChI=1S/C26H32FN3O4/c27-19-7-5-6-18(14-19)26(16-23(32)30(25(26)34)21-10-3-4-11-21)15-22(31)28-12-13-29(24(33)17-28)20-8-1-2-9-20/h5-7,14,20-21H,1-4,8-13,15-17H2. The highest BCUT2D eigenvalue weighted by atomic mass is 19.1. The van der Waals surface area contributed by atoms with Crippen LogP contribution in [-0.4, -0.2) is 70.0 Å². The lowest BCUT2D eigenvalue weighted by Crippen LogP contribution is -2.56. The molecule has 0 N–H and O–H groups in total. The van der Waals surface area contributed by atoms with Crippen LogP contribution in [0.25, 0.3) is 0 Å². The third kappa shape index (κ3) is 4.01. The van der Waals surface area contributed by atoms with Crippen LogP contribution in [0.5, 0.6) is 0 Å². The largest absolute Gasteiger partial charge is 0.336 e. The molecule has 2 heterocycles. The van der Waals surface area contributed by atoms with E-state index < -0.39 is 17.1 Å². The zero-order valence-electron chi connectivity index (χ0n) is 19.5. The van der Waals surface area contributed by atoms with Crippen LogP contribution >= 0.6 is 0 Å². The highest BCUT2D eigenvalue weighted by Gasteiger charge is 2.56. The Morgan fingerprint density at radius 1 is 0.941 bits per heavy atom. The molecule has 4 fully saturated rings. The lowest BCUT2D eigenvalue weighted by Gasteiger charge is -2.39. The first-order valence-corrected chi connectivity index (χ1v) is 12.6. The van der Waals surface area contributed by atoms with Crippen LogP contribution in [0.1, 0.15) is 69.8 Å². The molecule has 2 saturated heterocycles. The van der Waals surface area contributed by atoms with E-state index in [0.717, 1.165) is 51.4 Å². The second kappa shape index (κ2) is 9.12. The summed E-state index contributed by atoms with van der Waals surface area (Å²) in [6.45, 7) is 0.890. The average Bonchev–Trinajstić information content (AvgIpc) is 3.56. The number of amides is 4. The highest BCUT2D eigenvalue weighted by Crippen LogP contribution is 2.43. The van der Waals surface area contributed by atoms with Crippen LogP contribution in [0.2, 0.25) is 0 Å². The Bertz CT molecular complexity index is 1000. The highest BCUT2D eigenvalue weighted by molar-refractivity contribution is 6.11. The van der Waals surface area contributed by atoms with Crippen molar-refractivity contribution in [1.29, 1.82) is 0 Å². The van der Waals surface area contributed by atoms with Crippen LogP contribution < -0.4 is 0 Å². The predicted molar refractivity (Wildman–Crippen MR) is 122 cm³/mol. The minimum Gasteiger partial charge on any atom is -0.336 e. The number of hydrogen-bond acceptors (Lipinski definition) is 4. The number of rotatable bonds is 5. The Morgan fingerprint density at radius 3 is 2.26 bits per heavy atom. The predicted octanol–water partition coefficient (Wildman–Crippen LogP) is 2.77. The number of carbonyl (C=O) groups excluding carboxylic acids is 4. The van der Waals surface area contributed by atoms with Crippen molar-refractivity contribution >= 4 is 23.6 Å². The van der Waals surface area contributed by atoms with E-state index >= 15 is 0 Å². The van der Waals surface area contributed by atoms with Crippen molar-refractivity contribution in [3.63, 3.8) is 0 Å². The molecule has 5 rings (SSSR count). The van der Waals surface area contributed by atoms with E-state index in [9.17, 15) is 23.6 Å². The summed E-state index contributed by atoms with van der Waals surface area (Å²) in [6.07, 6.45) is 7.34. The third-order valence-electron chi connectivity index (χ3n) is 8.25. The maximum absolute atomic E-state index is 14.2. The van der Waals surface area contributed by atoms with Crippen LogP contribution in [0.4, 0.5) is 4.39 Å². The van der Waals surface area contributed by atoms with E-state index in [1.54, 1.807) is 6.07 Å². The number of carbonyl (C=O) groups is 4. The molecule has 1 unspecified atom stereocenters. The molecular formula is C26H32FN3O4. The Kier molecular flexibility index (Phi) is 6.16. The van der Waals surface area contributed by atoms with Gasteiger partial charge in [0.2, 0.25) is 23.6 Å². The van der Waals surface area contributed by atoms with E-state index in [1.807, 2.05) is 4.90 Å². The van der Waals surface area contributed by atoms with Gasteiger partial charge in [-0.3, -0.25) is 24.1 Å². The molecule has 1 atom stereocenters. The normalized spacial score (nSPS) is 26.9. The smallest absolute Gasteiger partial charge is 0.242 e. The molecule has 7 nitrogen and oxygen atoms in total. The summed E-state index contributed by atoms with van der Waals surface area (Å²) >= 11 is 0. The molecule has 8 heteroatoms. The minimum atomic E-state index is -1.43. The van der Waals surface area contributed by atoms with Gasteiger partial charge in [-0.15, -0.1) is 0 Å². The van der Waals surface area contributed by atoms with E-state index in [-0.39, 0.29) is 49.2 Å². The van der Waals surface area contributed by atoms with Crippen LogP contribution in [0, 0.1) is 5.82 Å². The van der Waals surface area contributed by atoms with Gasteiger partial charge in [0.15, 0.2) is 0 Å². The van der Waals surface area contributed by atoms with Gasteiger partial charge >= 0.3 is 0 Å². The molecule has 34 heavy (non-hydrogen) atoms. The van der Waals surface area contributed by atoms with Crippen molar-refractivity contribution in [2.75, 3.05) is 19.6 Å². The first-order chi connectivity index (χ1) is 16.4. The number of piperazine rings is 1. The molecule has 4 aliphatic rings. The molecule has 1 aromatic carbocycles. The van der Waals surface area contributed by atoms with Crippen molar-refractivity contribution in [2.24, 2.45) is 0 Å². The lowest BCUT2D eigenvalue weighted by molar-refractivity contribution is -0.149. The van der Waals surface area contributed by atoms with Crippen LogP contribution in [0.3, 0.4) is 0 Å². The van der Waals surface area contributed by atoms with Gasteiger partial charge < -0.3 is 9.80 Å². The van der Waals surface area contributed by atoms with Crippen molar-refractivity contribution in [3.05, 3.63) is 35.6 Å². The summed E-state index contributed by atoms with van der Waals surface area (Å²) in [4.78, 5) is 57.9. The molecule has 1 aromatic rings. The molecule has 2 aliphatic heterocycles. The number of nitrogens with zero attached hydrogens (tertiary/aromatic N) is 3. The third-order valence-corrected chi connectivity index (χ3v) is 8.25. The van der Waals surface area contributed by atoms with Crippen molar-refractivity contribution in [1.82, 2.24) is 14.7 Å². The molecule has 4 amide bonds. The fraction of sp³-hybridized carbons (Fsp3) is 0.615. The van der Waals surface area contributed by atoms with Gasteiger partial charge in [-0.25, -0.2) is 4.39 Å². The Hall–Kier alpha value is -2.77. The van der Waals surface area contributed by atoms with Crippen molar-refractivity contribution in [3.8, 4) is 0 Å². The molecular weight excluding hydrogens is 437 g/mol. The fourth-order valence-corrected chi connectivity index (χ4v) is 6.42. The molecule has 0 spiro atoms. The maximum atomic E-state index is 14.2. The summed E-state index contributed by atoms with van der Waals surface area (Å²) in [5, 5.41) is 0. The Morgan fingerprint density at radius 2 is 1.62 bits per heavy atom. The number of likely N-dealkylation sites (tertiary alicyclic amines) is 1. The lowest BCUT2D eigenvalue weighted by atomic mass is 9.75. The summed E-state index contributed by atoms with van der Waals surface area (Å²) in [7, 11) is 0. The second-order valence-corrected chi connectivity index (χ2v) is 10.3. The van der Waals surface area contributed by atoms with Gasteiger partial charge in [0, 0.05) is 38.0 Å². The minimum absolute atomic E-state index is 0.0109. The SMILES string of the molecule is O=C(CC1(c2cccc(F)c2)CC(=O)N(C2CCCC2)C1=O)N1CCN(C2CCCC2)C(=O)C1. The molecule has 0 aromatic heterocycles. The van der Waals surface area contributed by atoms with E-state index in [0.29, 0.717) is 18.7 Å². The Labute approximate surface area is 199 Å². The second-order valence-electron chi connectivity index (χ2n) is 10.3. The van der Waals surface area contributed by atoms with Gasteiger partial charge in [-0.2, -0.15) is 0 Å². The quantitative estimate of drug-likeness (QED) is 0.622. The summed E-state index contributed by atoms with van der Waals surface area (Å²) in [5.41, 5.74) is -1.07. The Balaban J connectivity index is 1.38. The maximum Gasteiger partial charge on any atom is 0.242 e.